The molecule has 0 saturated carbocycles. The van der Waals surface area contributed by atoms with Crippen LogP contribution >= 0.6 is 11.3 Å². The Balaban J connectivity index is 1.09. The summed E-state index contributed by atoms with van der Waals surface area (Å²) in [6, 6.07) is 63.7. The number of furan rings is 2. The Morgan fingerprint density at radius 1 is 0.371 bits per heavy atom. The first-order valence-corrected chi connectivity index (χ1v) is 21.5. The largest absolute Gasteiger partial charge is 0.456 e. The number of para-hydroxylation sites is 3. The molecule has 6 nitrogen and oxygen atoms in total. The molecule has 0 unspecified atom stereocenters. The zero-order chi connectivity index (χ0) is 40.5. The highest BCUT2D eigenvalue weighted by molar-refractivity contribution is 7.25. The molecular formula is C55H30N4O2S. The highest BCUT2D eigenvalue weighted by Gasteiger charge is 2.25. The summed E-state index contributed by atoms with van der Waals surface area (Å²) in [6.07, 6.45) is 0. The smallest absolute Gasteiger partial charge is 0.164 e. The Kier molecular flexibility index (Phi) is 6.89. The van der Waals surface area contributed by atoms with Crippen molar-refractivity contribution < 1.29 is 8.83 Å². The Labute approximate surface area is 356 Å². The average molecular weight is 811 g/mol. The van der Waals surface area contributed by atoms with Gasteiger partial charge in [0.2, 0.25) is 0 Å². The minimum atomic E-state index is 0.558. The molecule has 0 N–H and O–H groups in total. The summed E-state index contributed by atoms with van der Waals surface area (Å²) < 4.78 is 18.1. The lowest BCUT2D eigenvalue weighted by Crippen LogP contribution is -2.02. The molecule has 0 aliphatic rings. The van der Waals surface area contributed by atoms with E-state index in [0.29, 0.717) is 17.5 Å². The standard InChI is InChI=1S/C55H30N4O2S/c1-2-14-32-30-43-40(29-31(32)13-1)33-15-3-7-21-41(33)59(43)42-28-27-39(51-35-17-5-9-23-45(35)61-52(42)51)55-57-53(37-19-11-24-46-49(37)34-16-4-8-22-44(34)60-46)56-54(58-55)38-20-12-26-48-50(38)36-18-6-10-25-47(36)62-48/h1-30H. The highest BCUT2D eigenvalue weighted by Crippen LogP contribution is 2.45. The molecule has 0 fully saturated rings. The second-order valence-corrected chi connectivity index (χ2v) is 16.9. The number of benzene rings is 9. The lowest BCUT2D eigenvalue weighted by atomic mass is 10.0. The van der Waals surface area contributed by atoms with Crippen LogP contribution in [0.3, 0.4) is 0 Å². The molecule has 0 saturated heterocycles. The zero-order valence-corrected chi connectivity index (χ0v) is 33.7. The molecule has 288 valence electrons. The van der Waals surface area contributed by atoms with Crippen molar-refractivity contribution in [3.63, 3.8) is 0 Å². The molecular weight excluding hydrogens is 781 g/mol. The van der Waals surface area contributed by atoms with E-state index in [9.17, 15) is 0 Å². The molecule has 14 rings (SSSR count). The van der Waals surface area contributed by atoms with E-state index in [1.807, 2.05) is 42.5 Å². The second-order valence-electron chi connectivity index (χ2n) is 15.9. The van der Waals surface area contributed by atoms with Crippen LogP contribution in [0.5, 0.6) is 0 Å². The van der Waals surface area contributed by atoms with E-state index in [1.54, 1.807) is 11.3 Å². The van der Waals surface area contributed by atoms with E-state index in [2.05, 4.69) is 144 Å². The Morgan fingerprint density at radius 2 is 0.935 bits per heavy atom. The lowest BCUT2D eigenvalue weighted by molar-refractivity contribution is 0.666. The van der Waals surface area contributed by atoms with Gasteiger partial charge >= 0.3 is 0 Å². The van der Waals surface area contributed by atoms with Crippen LogP contribution in [0.1, 0.15) is 0 Å². The summed E-state index contributed by atoms with van der Waals surface area (Å²) in [5.74, 6) is 1.73. The van der Waals surface area contributed by atoms with Crippen molar-refractivity contribution >= 4 is 108 Å². The van der Waals surface area contributed by atoms with Crippen LogP contribution < -0.4 is 0 Å². The number of rotatable bonds is 4. The monoisotopic (exact) mass is 810 g/mol. The van der Waals surface area contributed by atoms with Gasteiger partial charge in [0.15, 0.2) is 23.1 Å². The number of fused-ring (bicyclic) bond motifs is 13. The van der Waals surface area contributed by atoms with E-state index in [1.165, 1.54) is 36.3 Å². The quantitative estimate of drug-likeness (QED) is 0.177. The second kappa shape index (κ2) is 12.7. The maximum Gasteiger partial charge on any atom is 0.164 e. The summed E-state index contributed by atoms with van der Waals surface area (Å²) in [6.45, 7) is 0. The van der Waals surface area contributed by atoms with Crippen LogP contribution in [-0.2, 0) is 0 Å². The number of hydrogen-bond donors (Lipinski definition) is 0. The minimum absolute atomic E-state index is 0.558. The fourth-order valence-electron chi connectivity index (χ4n) is 9.75. The lowest BCUT2D eigenvalue weighted by Gasteiger charge is -2.13. The molecule has 0 radical (unpaired) electrons. The fraction of sp³-hybridized carbons (Fsp3) is 0. The minimum Gasteiger partial charge on any atom is -0.456 e. The molecule has 5 heterocycles. The Bertz CT molecular complexity index is 4060. The van der Waals surface area contributed by atoms with Gasteiger partial charge < -0.3 is 13.4 Å². The molecule has 0 atom stereocenters. The van der Waals surface area contributed by atoms with E-state index in [0.717, 1.165) is 82.7 Å². The summed E-state index contributed by atoms with van der Waals surface area (Å²) in [5, 5.41) is 11.0. The number of nitrogens with zero attached hydrogens (tertiary/aromatic N) is 4. The third-order valence-corrected chi connectivity index (χ3v) is 13.6. The molecule has 0 amide bonds. The van der Waals surface area contributed by atoms with Crippen LogP contribution in [0.4, 0.5) is 0 Å². The first kappa shape index (κ1) is 33.7. The number of aromatic nitrogens is 4. The first-order valence-electron chi connectivity index (χ1n) is 20.7. The molecule has 0 bridgehead atoms. The third-order valence-electron chi connectivity index (χ3n) is 12.4. The van der Waals surface area contributed by atoms with E-state index < -0.39 is 0 Å². The van der Waals surface area contributed by atoms with Crippen LogP contribution in [-0.4, -0.2) is 19.5 Å². The molecule has 62 heavy (non-hydrogen) atoms. The maximum absolute atomic E-state index is 6.97. The molecule has 0 aliphatic carbocycles. The zero-order valence-electron chi connectivity index (χ0n) is 32.8. The van der Waals surface area contributed by atoms with Gasteiger partial charge in [-0.05, 0) is 71.4 Å². The predicted octanol–water partition coefficient (Wildman–Crippen LogP) is 15.3. The average Bonchev–Trinajstić information content (AvgIpc) is 4.09. The number of thiophene rings is 1. The Hall–Kier alpha value is -8.13. The van der Waals surface area contributed by atoms with Gasteiger partial charge in [-0.15, -0.1) is 11.3 Å². The van der Waals surface area contributed by atoms with Crippen LogP contribution in [0.2, 0.25) is 0 Å². The first-order chi connectivity index (χ1) is 30.7. The highest BCUT2D eigenvalue weighted by atomic mass is 32.1. The van der Waals surface area contributed by atoms with Gasteiger partial charge in [0.25, 0.3) is 0 Å². The molecule has 0 aliphatic heterocycles. The Morgan fingerprint density at radius 3 is 1.73 bits per heavy atom. The van der Waals surface area contributed by atoms with Gasteiger partial charge in [0, 0.05) is 69.2 Å². The predicted molar refractivity (Wildman–Crippen MR) is 255 cm³/mol. The van der Waals surface area contributed by atoms with Gasteiger partial charge in [-0.25, -0.2) is 15.0 Å². The van der Waals surface area contributed by atoms with Gasteiger partial charge in [0.1, 0.15) is 16.7 Å². The van der Waals surface area contributed by atoms with Crippen molar-refractivity contribution in [3.8, 4) is 39.9 Å². The fourth-order valence-corrected chi connectivity index (χ4v) is 10.9. The maximum atomic E-state index is 6.97. The van der Waals surface area contributed by atoms with Crippen LogP contribution in [0.25, 0.3) is 136 Å². The van der Waals surface area contributed by atoms with Crippen molar-refractivity contribution in [2.45, 2.75) is 0 Å². The van der Waals surface area contributed by atoms with E-state index in [-0.39, 0.29) is 0 Å². The van der Waals surface area contributed by atoms with Crippen molar-refractivity contribution in [3.05, 3.63) is 182 Å². The molecule has 0 spiro atoms. The topological polar surface area (TPSA) is 69.9 Å². The summed E-state index contributed by atoms with van der Waals surface area (Å²) in [4.78, 5) is 16.2. The van der Waals surface area contributed by atoms with Crippen LogP contribution in [0.15, 0.2) is 191 Å². The normalized spacial score (nSPS) is 12.2. The molecule has 7 heteroatoms. The van der Waals surface area contributed by atoms with Crippen molar-refractivity contribution in [1.29, 1.82) is 0 Å². The third kappa shape index (κ3) is 4.76. The summed E-state index contributed by atoms with van der Waals surface area (Å²) in [7, 11) is 0. The van der Waals surface area contributed by atoms with Crippen molar-refractivity contribution in [2.24, 2.45) is 0 Å². The SMILES string of the molecule is c1ccc2cc3c(cc2c1)c1ccccc1n3-c1ccc(-c2nc(-c3cccc4oc5ccccc5c34)nc(-c3cccc4sc5ccccc5c34)n2)c2c1oc1ccccc12. The van der Waals surface area contributed by atoms with Crippen molar-refractivity contribution in [1.82, 2.24) is 19.5 Å². The number of hydrogen-bond acceptors (Lipinski definition) is 6. The molecule has 5 aromatic heterocycles. The van der Waals surface area contributed by atoms with Gasteiger partial charge in [-0.3, -0.25) is 0 Å². The molecule has 9 aromatic carbocycles. The van der Waals surface area contributed by atoms with Gasteiger partial charge in [-0.2, -0.15) is 0 Å². The summed E-state index contributed by atoms with van der Waals surface area (Å²) in [5.41, 5.74) is 9.01. The van der Waals surface area contributed by atoms with Crippen molar-refractivity contribution in [2.75, 3.05) is 0 Å². The van der Waals surface area contributed by atoms with E-state index in [4.69, 9.17) is 23.8 Å². The van der Waals surface area contributed by atoms with Gasteiger partial charge in [-0.1, -0.05) is 121 Å². The van der Waals surface area contributed by atoms with Gasteiger partial charge in [0.05, 0.1) is 16.7 Å². The summed E-state index contributed by atoms with van der Waals surface area (Å²) >= 11 is 1.78. The van der Waals surface area contributed by atoms with Crippen LogP contribution in [0, 0.1) is 0 Å². The molecule has 14 aromatic rings. The van der Waals surface area contributed by atoms with E-state index >= 15 is 0 Å².